The first kappa shape index (κ1) is 20.8. The van der Waals surface area contributed by atoms with Crippen molar-refractivity contribution in [1.29, 1.82) is 0 Å². The summed E-state index contributed by atoms with van der Waals surface area (Å²) in [5.41, 5.74) is 3.32. The summed E-state index contributed by atoms with van der Waals surface area (Å²) in [4.78, 5) is 29.1. The van der Waals surface area contributed by atoms with Crippen molar-refractivity contribution in [2.24, 2.45) is 5.92 Å². The molecule has 2 amide bonds. The molecule has 3 aromatic rings. The van der Waals surface area contributed by atoms with Crippen molar-refractivity contribution in [2.45, 2.75) is 32.2 Å². The first-order valence-electron chi connectivity index (χ1n) is 10.7. The summed E-state index contributed by atoms with van der Waals surface area (Å²) in [6.45, 7) is 3.98. The Bertz CT molecular complexity index is 1030. The molecule has 1 aliphatic rings. The quantitative estimate of drug-likeness (QED) is 0.619. The molecule has 2 aromatic heterocycles. The van der Waals surface area contributed by atoms with Crippen LogP contribution in [0.3, 0.4) is 0 Å². The third-order valence-electron chi connectivity index (χ3n) is 5.84. The Kier molecular flexibility index (Phi) is 6.40. The van der Waals surface area contributed by atoms with Crippen molar-refractivity contribution >= 4 is 11.8 Å². The van der Waals surface area contributed by atoms with Crippen LogP contribution in [-0.2, 0) is 13.0 Å². The average Bonchev–Trinajstić information content (AvgIpc) is 3.25. The molecular weight excluding hydrogens is 390 g/mol. The molecule has 0 saturated heterocycles. The minimum Gasteiger partial charge on any atom is -0.352 e. The van der Waals surface area contributed by atoms with Gasteiger partial charge in [0.2, 0.25) is 0 Å². The number of pyridine rings is 1. The van der Waals surface area contributed by atoms with Gasteiger partial charge in [-0.1, -0.05) is 37.3 Å². The van der Waals surface area contributed by atoms with Gasteiger partial charge in [0.25, 0.3) is 11.8 Å². The van der Waals surface area contributed by atoms with Crippen LogP contribution in [0.5, 0.6) is 0 Å². The highest BCUT2D eigenvalue weighted by molar-refractivity contribution is 5.95. The van der Waals surface area contributed by atoms with E-state index in [1.807, 2.05) is 22.9 Å². The molecule has 1 aromatic carbocycles. The number of nitrogens with one attached hydrogen (secondary N) is 2. The number of rotatable bonds is 7. The second-order valence-corrected chi connectivity index (χ2v) is 8.06. The van der Waals surface area contributed by atoms with E-state index in [4.69, 9.17) is 0 Å². The number of hydrogen-bond acceptors (Lipinski definition) is 4. The fourth-order valence-corrected chi connectivity index (χ4v) is 3.94. The van der Waals surface area contributed by atoms with Gasteiger partial charge in [0, 0.05) is 32.0 Å². The Morgan fingerprint density at radius 1 is 1.10 bits per heavy atom. The van der Waals surface area contributed by atoms with Gasteiger partial charge in [-0.2, -0.15) is 5.10 Å². The van der Waals surface area contributed by atoms with Crippen LogP contribution in [-0.4, -0.2) is 39.7 Å². The Labute approximate surface area is 181 Å². The summed E-state index contributed by atoms with van der Waals surface area (Å²) >= 11 is 0. The normalized spacial score (nSPS) is 16.2. The molecule has 0 spiro atoms. The van der Waals surface area contributed by atoms with E-state index >= 15 is 0 Å². The molecule has 1 aliphatic heterocycles. The molecular formula is C24H27N5O2. The van der Waals surface area contributed by atoms with Gasteiger partial charge >= 0.3 is 0 Å². The van der Waals surface area contributed by atoms with Crippen LogP contribution < -0.4 is 10.6 Å². The standard InChI is InChI=1S/C24H27N5O2/c1-17(19-6-3-2-4-7-19)13-26-24(31)21-16-28-29-11-9-18(12-22(21)29)14-27-23(30)20-8-5-10-25-15-20/h2-8,10,15-18H,9,11-14H2,1H3,(H,26,31)(H,27,30)/t17-,18-/m1/s1. The highest BCUT2D eigenvalue weighted by atomic mass is 16.2. The first-order chi connectivity index (χ1) is 15.1. The van der Waals surface area contributed by atoms with E-state index in [2.05, 4.69) is 39.8 Å². The third-order valence-corrected chi connectivity index (χ3v) is 5.84. The molecule has 0 bridgehead atoms. The van der Waals surface area contributed by atoms with Crippen molar-refractivity contribution in [2.75, 3.05) is 13.1 Å². The molecule has 7 nitrogen and oxygen atoms in total. The predicted octanol–water partition coefficient (Wildman–Crippen LogP) is 2.80. The minimum atomic E-state index is -0.125. The van der Waals surface area contributed by atoms with Gasteiger partial charge in [0.15, 0.2) is 0 Å². The maximum absolute atomic E-state index is 12.8. The molecule has 0 radical (unpaired) electrons. The van der Waals surface area contributed by atoms with E-state index in [1.165, 1.54) is 5.56 Å². The molecule has 0 fully saturated rings. The van der Waals surface area contributed by atoms with Gasteiger partial charge < -0.3 is 10.6 Å². The predicted molar refractivity (Wildman–Crippen MR) is 118 cm³/mol. The van der Waals surface area contributed by atoms with Crippen LogP contribution in [0.1, 0.15) is 51.2 Å². The third kappa shape index (κ3) is 4.99. The van der Waals surface area contributed by atoms with E-state index < -0.39 is 0 Å². The molecule has 0 unspecified atom stereocenters. The van der Waals surface area contributed by atoms with Gasteiger partial charge in [0.1, 0.15) is 0 Å². The number of benzene rings is 1. The summed E-state index contributed by atoms with van der Waals surface area (Å²) < 4.78 is 1.91. The van der Waals surface area contributed by atoms with Gasteiger partial charge in [-0.15, -0.1) is 0 Å². The van der Waals surface area contributed by atoms with Crippen molar-refractivity contribution < 1.29 is 9.59 Å². The molecule has 0 saturated carbocycles. The van der Waals surface area contributed by atoms with Crippen molar-refractivity contribution in [3.63, 3.8) is 0 Å². The molecule has 3 heterocycles. The Balaban J connectivity index is 1.34. The van der Waals surface area contributed by atoms with Crippen LogP contribution in [0.2, 0.25) is 0 Å². The molecule has 2 atom stereocenters. The average molecular weight is 418 g/mol. The van der Waals surface area contributed by atoms with Gasteiger partial charge in [-0.25, -0.2) is 0 Å². The summed E-state index contributed by atoms with van der Waals surface area (Å²) in [6, 6.07) is 13.6. The number of carbonyl (C=O) groups is 2. The monoisotopic (exact) mass is 417 g/mol. The van der Waals surface area contributed by atoms with Gasteiger partial charge in [-0.3, -0.25) is 19.3 Å². The highest BCUT2D eigenvalue weighted by Crippen LogP contribution is 2.23. The van der Waals surface area contributed by atoms with Crippen LogP contribution in [0.25, 0.3) is 0 Å². The summed E-state index contributed by atoms with van der Waals surface area (Å²) in [7, 11) is 0. The number of nitrogens with zero attached hydrogens (tertiary/aromatic N) is 3. The fraction of sp³-hybridized carbons (Fsp3) is 0.333. The molecule has 160 valence electrons. The van der Waals surface area contributed by atoms with E-state index in [0.29, 0.717) is 30.6 Å². The number of amides is 2. The summed E-state index contributed by atoms with van der Waals surface area (Å²) in [5, 5.41) is 10.4. The van der Waals surface area contributed by atoms with Crippen LogP contribution >= 0.6 is 0 Å². The minimum absolute atomic E-state index is 0.0934. The van der Waals surface area contributed by atoms with E-state index in [0.717, 1.165) is 18.7 Å². The molecule has 7 heteroatoms. The SMILES string of the molecule is C[C@H](CNC(=O)c1cnn2c1C[C@H](CNC(=O)c1cccnc1)CC2)c1ccccc1. The van der Waals surface area contributed by atoms with Crippen LogP contribution in [0.15, 0.2) is 61.1 Å². The lowest BCUT2D eigenvalue weighted by Crippen LogP contribution is -2.34. The number of carbonyl (C=O) groups excluding carboxylic acids is 2. The smallest absolute Gasteiger partial charge is 0.254 e. The number of hydrogen-bond donors (Lipinski definition) is 2. The van der Waals surface area contributed by atoms with Crippen LogP contribution in [0, 0.1) is 5.92 Å². The van der Waals surface area contributed by atoms with E-state index in [9.17, 15) is 9.59 Å². The van der Waals surface area contributed by atoms with E-state index in [1.54, 1.807) is 30.7 Å². The number of aromatic nitrogens is 3. The van der Waals surface area contributed by atoms with Crippen molar-refractivity contribution in [1.82, 2.24) is 25.4 Å². The number of aryl methyl sites for hydroxylation is 1. The second kappa shape index (κ2) is 9.55. The fourth-order valence-electron chi connectivity index (χ4n) is 3.94. The lowest BCUT2D eigenvalue weighted by atomic mass is 9.94. The highest BCUT2D eigenvalue weighted by Gasteiger charge is 2.25. The lowest BCUT2D eigenvalue weighted by molar-refractivity contribution is 0.0934. The van der Waals surface area contributed by atoms with Gasteiger partial charge in [0.05, 0.1) is 23.0 Å². The first-order valence-corrected chi connectivity index (χ1v) is 10.7. The zero-order chi connectivity index (χ0) is 21.6. The topological polar surface area (TPSA) is 88.9 Å². The summed E-state index contributed by atoms with van der Waals surface area (Å²) in [5.74, 6) is 0.274. The second-order valence-electron chi connectivity index (χ2n) is 8.06. The van der Waals surface area contributed by atoms with Crippen molar-refractivity contribution in [3.05, 3.63) is 83.4 Å². The van der Waals surface area contributed by atoms with Crippen LogP contribution in [0.4, 0.5) is 0 Å². The maximum Gasteiger partial charge on any atom is 0.254 e. The zero-order valence-electron chi connectivity index (χ0n) is 17.6. The molecule has 2 N–H and O–H groups in total. The maximum atomic E-state index is 12.8. The zero-order valence-corrected chi connectivity index (χ0v) is 17.6. The molecule has 0 aliphatic carbocycles. The van der Waals surface area contributed by atoms with Crippen molar-refractivity contribution in [3.8, 4) is 0 Å². The Hall–Kier alpha value is -3.48. The number of fused-ring (bicyclic) bond motifs is 1. The molecule has 4 rings (SSSR count). The Morgan fingerprint density at radius 2 is 1.94 bits per heavy atom. The Morgan fingerprint density at radius 3 is 2.71 bits per heavy atom. The molecule has 31 heavy (non-hydrogen) atoms. The summed E-state index contributed by atoms with van der Waals surface area (Å²) in [6.07, 6.45) is 6.49. The lowest BCUT2D eigenvalue weighted by Gasteiger charge is -2.24. The largest absolute Gasteiger partial charge is 0.352 e. The van der Waals surface area contributed by atoms with Gasteiger partial charge in [-0.05, 0) is 42.4 Å². The van der Waals surface area contributed by atoms with E-state index in [-0.39, 0.29) is 23.7 Å².